The van der Waals surface area contributed by atoms with Crippen LogP contribution in [0.3, 0.4) is 0 Å². The molecule has 1 aliphatic heterocycles. The van der Waals surface area contributed by atoms with Crippen LogP contribution in [0.2, 0.25) is 0 Å². The minimum Gasteiger partial charge on any atom is -0.463 e. The minimum absolute atomic E-state index is 0.211. The van der Waals surface area contributed by atoms with Crippen molar-refractivity contribution in [2.75, 3.05) is 19.8 Å². The zero-order valence-corrected chi connectivity index (χ0v) is 10.2. The summed E-state index contributed by atoms with van der Waals surface area (Å²) in [6.45, 7) is 3.22. The first-order valence-corrected chi connectivity index (χ1v) is 5.86. The average Bonchev–Trinajstić information content (AvgIpc) is 2.60. The normalized spacial score (nSPS) is 26.0. The predicted molar refractivity (Wildman–Crippen MR) is 58.8 cm³/mol. The van der Waals surface area contributed by atoms with Gasteiger partial charge in [-0.1, -0.05) is 22.0 Å². The molecule has 1 rings (SSSR count). The molecule has 0 bridgehead atoms. The monoisotopic (exact) mass is 278 g/mol. The zero-order chi connectivity index (χ0) is 11.1. The highest BCUT2D eigenvalue weighted by molar-refractivity contribution is 9.09. The van der Waals surface area contributed by atoms with E-state index in [-0.39, 0.29) is 17.1 Å². The Hall–Kier alpha value is -0.390. The van der Waals surface area contributed by atoms with E-state index in [2.05, 4.69) is 15.9 Å². The molecule has 86 valence electrons. The molecule has 1 aliphatic rings. The molecule has 1 heterocycles. The lowest BCUT2D eigenvalue weighted by Gasteiger charge is -2.12. The molecule has 0 amide bonds. The summed E-state index contributed by atoms with van der Waals surface area (Å²) in [6, 6.07) is 0. The summed E-state index contributed by atoms with van der Waals surface area (Å²) in [6.07, 6.45) is 3.73. The van der Waals surface area contributed by atoms with Gasteiger partial charge in [-0.05, 0) is 13.3 Å². The largest absolute Gasteiger partial charge is 0.463 e. The molecule has 5 heteroatoms. The van der Waals surface area contributed by atoms with Crippen molar-refractivity contribution in [2.24, 2.45) is 0 Å². The molecular weight excluding hydrogens is 264 g/mol. The second kappa shape index (κ2) is 6.98. The van der Waals surface area contributed by atoms with Gasteiger partial charge in [0.2, 0.25) is 0 Å². The molecule has 0 N–H and O–H groups in total. The fourth-order valence-corrected chi connectivity index (χ4v) is 1.67. The van der Waals surface area contributed by atoms with Crippen molar-refractivity contribution < 1.29 is 19.0 Å². The fraction of sp³-hybridized carbons (Fsp3) is 0.700. The van der Waals surface area contributed by atoms with Crippen molar-refractivity contribution >= 4 is 21.9 Å². The topological polar surface area (TPSA) is 44.8 Å². The highest BCUT2D eigenvalue weighted by atomic mass is 79.9. The number of rotatable bonds is 5. The number of esters is 1. The SMILES string of the molecule is CCOC(=O)C=CCOC1OCCC1Br. The number of hydrogen-bond acceptors (Lipinski definition) is 4. The van der Waals surface area contributed by atoms with Crippen LogP contribution >= 0.6 is 15.9 Å². The number of alkyl halides is 1. The van der Waals surface area contributed by atoms with Gasteiger partial charge in [0.05, 0.1) is 24.6 Å². The Bertz CT molecular complexity index is 229. The maximum Gasteiger partial charge on any atom is 0.330 e. The van der Waals surface area contributed by atoms with E-state index in [1.165, 1.54) is 6.08 Å². The third-order valence-corrected chi connectivity index (χ3v) is 2.76. The van der Waals surface area contributed by atoms with Crippen LogP contribution in [-0.2, 0) is 19.0 Å². The van der Waals surface area contributed by atoms with Crippen molar-refractivity contribution in [3.63, 3.8) is 0 Å². The lowest BCUT2D eigenvalue weighted by atomic mass is 10.4. The lowest BCUT2D eigenvalue weighted by molar-refractivity contribution is -0.137. The molecule has 0 aliphatic carbocycles. The van der Waals surface area contributed by atoms with Crippen LogP contribution in [0.5, 0.6) is 0 Å². The predicted octanol–water partition coefficient (Wildman–Crippen LogP) is 1.63. The highest BCUT2D eigenvalue weighted by Gasteiger charge is 2.25. The molecule has 1 fully saturated rings. The molecule has 4 nitrogen and oxygen atoms in total. The number of hydrogen-bond donors (Lipinski definition) is 0. The summed E-state index contributed by atoms with van der Waals surface area (Å²) in [5.41, 5.74) is 0. The molecule has 2 atom stereocenters. The zero-order valence-electron chi connectivity index (χ0n) is 8.65. The molecular formula is C10H15BrO4. The number of ether oxygens (including phenoxy) is 3. The van der Waals surface area contributed by atoms with Crippen LogP contribution < -0.4 is 0 Å². The van der Waals surface area contributed by atoms with Gasteiger partial charge in [0.15, 0.2) is 6.29 Å². The first-order chi connectivity index (χ1) is 7.24. The van der Waals surface area contributed by atoms with E-state index in [1.807, 2.05) is 0 Å². The summed E-state index contributed by atoms with van der Waals surface area (Å²) in [7, 11) is 0. The Balaban J connectivity index is 2.12. The average molecular weight is 279 g/mol. The van der Waals surface area contributed by atoms with Gasteiger partial charge in [-0.25, -0.2) is 4.79 Å². The van der Waals surface area contributed by atoms with Gasteiger partial charge < -0.3 is 14.2 Å². The maximum absolute atomic E-state index is 10.9. The van der Waals surface area contributed by atoms with Crippen LogP contribution in [0, 0.1) is 0 Å². The first kappa shape index (κ1) is 12.7. The molecule has 0 aromatic carbocycles. The van der Waals surface area contributed by atoms with Crippen molar-refractivity contribution in [2.45, 2.75) is 24.5 Å². The van der Waals surface area contributed by atoms with E-state index in [0.717, 1.165) is 6.42 Å². The summed E-state index contributed by atoms with van der Waals surface area (Å²) >= 11 is 3.44. The van der Waals surface area contributed by atoms with Crippen LogP contribution in [0.25, 0.3) is 0 Å². The Morgan fingerprint density at radius 1 is 1.67 bits per heavy atom. The molecule has 0 aromatic heterocycles. The second-order valence-electron chi connectivity index (χ2n) is 3.03. The van der Waals surface area contributed by atoms with Gasteiger partial charge in [0, 0.05) is 6.08 Å². The minimum atomic E-state index is -0.344. The van der Waals surface area contributed by atoms with Gasteiger partial charge in [0.25, 0.3) is 0 Å². The van der Waals surface area contributed by atoms with E-state index in [1.54, 1.807) is 13.0 Å². The van der Waals surface area contributed by atoms with E-state index in [0.29, 0.717) is 19.8 Å². The molecule has 0 aromatic rings. The van der Waals surface area contributed by atoms with E-state index >= 15 is 0 Å². The summed E-state index contributed by atoms with van der Waals surface area (Å²) in [4.78, 5) is 11.1. The van der Waals surface area contributed by atoms with Crippen LogP contribution in [0.15, 0.2) is 12.2 Å². The summed E-state index contributed by atoms with van der Waals surface area (Å²) in [5.74, 6) is -0.344. The third-order valence-electron chi connectivity index (χ3n) is 1.87. The van der Waals surface area contributed by atoms with E-state index in [4.69, 9.17) is 14.2 Å². The van der Waals surface area contributed by atoms with E-state index in [9.17, 15) is 4.79 Å². The van der Waals surface area contributed by atoms with Crippen LogP contribution in [-0.4, -0.2) is 36.9 Å². The quantitative estimate of drug-likeness (QED) is 0.436. The Kier molecular flexibility index (Phi) is 5.90. The highest BCUT2D eigenvalue weighted by Crippen LogP contribution is 2.21. The van der Waals surface area contributed by atoms with Gasteiger partial charge in [-0.3, -0.25) is 0 Å². The van der Waals surface area contributed by atoms with Gasteiger partial charge in [-0.2, -0.15) is 0 Å². The smallest absolute Gasteiger partial charge is 0.330 e. The summed E-state index contributed by atoms with van der Waals surface area (Å²) in [5, 5.41) is 0. The molecule has 0 spiro atoms. The van der Waals surface area contributed by atoms with Crippen molar-refractivity contribution in [3.8, 4) is 0 Å². The van der Waals surface area contributed by atoms with Crippen molar-refractivity contribution in [1.82, 2.24) is 0 Å². The molecule has 2 unspecified atom stereocenters. The van der Waals surface area contributed by atoms with E-state index < -0.39 is 0 Å². The Morgan fingerprint density at radius 2 is 2.47 bits per heavy atom. The maximum atomic E-state index is 10.9. The molecule has 15 heavy (non-hydrogen) atoms. The van der Waals surface area contributed by atoms with Crippen LogP contribution in [0.4, 0.5) is 0 Å². The number of carbonyl (C=O) groups is 1. The molecule has 1 saturated heterocycles. The summed E-state index contributed by atoms with van der Waals surface area (Å²) < 4.78 is 15.4. The molecule has 0 saturated carbocycles. The van der Waals surface area contributed by atoms with Crippen molar-refractivity contribution in [1.29, 1.82) is 0 Å². The Morgan fingerprint density at radius 3 is 3.07 bits per heavy atom. The van der Waals surface area contributed by atoms with Gasteiger partial charge in [-0.15, -0.1) is 0 Å². The molecule has 0 radical (unpaired) electrons. The van der Waals surface area contributed by atoms with Gasteiger partial charge >= 0.3 is 5.97 Å². The second-order valence-corrected chi connectivity index (χ2v) is 4.21. The first-order valence-electron chi connectivity index (χ1n) is 4.94. The fourth-order valence-electron chi connectivity index (χ4n) is 1.17. The lowest BCUT2D eigenvalue weighted by Crippen LogP contribution is -2.19. The number of carbonyl (C=O) groups excluding carboxylic acids is 1. The van der Waals surface area contributed by atoms with Crippen molar-refractivity contribution in [3.05, 3.63) is 12.2 Å². The standard InChI is InChI=1S/C10H15BrO4/c1-2-13-9(12)4-3-6-14-10-8(11)5-7-15-10/h3-4,8,10H,2,5-7H2,1H3. The number of halogens is 1. The third kappa shape index (κ3) is 4.77. The van der Waals surface area contributed by atoms with Crippen LogP contribution in [0.1, 0.15) is 13.3 Å². The van der Waals surface area contributed by atoms with Gasteiger partial charge in [0.1, 0.15) is 0 Å². The Labute approximate surface area is 97.7 Å².